The molecule has 0 N–H and O–H groups in total. The zero-order chi connectivity index (χ0) is 24.2. The lowest BCUT2D eigenvalue weighted by Gasteiger charge is -2.15. The maximum absolute atomic E-state index is 12.9. The highest BCUT2D eigenvalue weighted by Gasteiger charge is 2.32. The van der Waals surface area contributed by atoms with Gasteiger partial charge in [-0.2, -0.15) is 0 Å². The monoisotopic (exact) mass is 496 g/mol. The highest BCUT2D eigenvalue weighted by Crippen LogP contribution is 2.34. The SMILES string of the molecule is COc1ccc(CCN2C(=O)C(=Cc3ccc(-c4ccc([N+](=O)[O-])cc4)o3)SC2=S)cc1OC. The Morgan fingerprint density at radius 2 is 1.82 bits per heavy atom. The molecule has 0 spiro atoms. The first kappa shape index (κ1) is 23.5. The molecule has 2 heterocycles. The molecule has 8 nitrogen and oxygen atoms in total. The van der Waals surface area contributed by atoms with Crippen LogP contribution in [0, 0.1) is 10.1 Å². The minimum Gasteiger partial charge on any atom is -0.493 e. The molecule has 1 aromatic heterocycles. The van der Waals surface area contributed by atoms with Crippen molar-refractivity contribution in [1.29, 1.82) is 0 Å². The number of nitro groups is 1. The Labute approximate surface area is 205 Å². The molecule has 0 unspecified atom stereocenters. The lowest BCUT2D eigenvalue weighted by molar-refractivity contribution is -0.384. The number of hydrogen-bond acceptors (Lipinski definition) is 8. The summed E-state index contributed by atoms with van der Waals surface area (Å²) in [7, 11) is 3.16. The van der Waals surface area contributed by atoms with Crippen LogP contribution < -0.4 is 9.47 Å². The summed E-state index contributed by atoms with van der Waals surface area (Å²) in [5.41, 5.74) is 1.70. The van der Waals surface area contributed by atoms with Crippen LogP contribution in [0.2, 0.25) is 0 Å². The van der Waals surface area contributed by atoms with E-state index in [0.29, 0.717) is 50.8 Å². The fourth-order valence-electron chi connectivity index (χ4n) is 3.43. The Morgan fingerprint density at radius 1 is 1.09 bits per heavy atom. The standard InChI is InChI=1S/C24H20N2O6S2/c1-30-20-9-3-15(13-21(20)31-2)11-12-25-23(27)22(34-24(25)33)14-18-8-10-19(32-18)16-4-6-17(7-5-16)26(28)29/h3-10,13-14H,11-12H2,1-2H3. The fraction of sp³-hybridized carbons (Fsp3) is 0.167. The minimum atomic E-state index is -0.454. The van der Waals surface area contributed by atoms with Gasteiger partial charge in [-0.1, -0.05) is 30.0 Å². The lowest BCUT2D eigenvalue weighted by atomic mass is 10.1. The zero-order valence-electron chi connectivity index (χ0n) is 18.3. The molecular weight excluding hydrogens is 476 g/mol. The van der Waals surface area contributed by atoms with Gasteiger partial charge in [0.25, 0.3) is 11.6 Å². The molecular formula is C24H20N2O6S2. The van der Waals surface area contributed by atoms with Crippen LogP contribution in [0.1, 0.15) is 11.3 Å². The van der Waals surface area contributed by atoms with E-state index in [1.54, 1.807) is 49.5 Å². The van der Waals surface area contributed by atoms with Crippen molar-refractivity contribution in [2.75, 3.05) is 20.8 Å². The molecule has 1 aliphatic heterocycles. The molecule has 1 fully saturated rings. The third-order valence-corrected chi connectivity index (χ3v) is 6.59. The number of hydrogen-bond donors (Lipinski definition) is 0. The predicted molar refractivity (Wildman–Crippen MR) is 134 cm³/mol. The molecule has 10 heteroatoms. The van der Waals surface area contributed by atoms with Gasteiger partial charge in [0.05, 0.1) is 24.0 Å². The number of furan rings is 1. The van der Waals surface area contributed by atoms with Crippen LogP contribution >= 0.6 is 24.0 Å². The van der Waals surface area contributed by atoms with Crippen LogP contribution in [0.5, 0.6) is 11.5 Å². The molecule has 34 heavy (non-hydrogen) atoms. The van der Waals surface area contributed by atoms with Gasteiger partial charge < -0.3 is 13.9 Å². The average molecular weight is 497 g/mol. The van der Waals surface area contributed by atoms with E-state index in [9.17, 15) is 14.9 Å². The Hall–Kier alpha value is -3.63. The van der Waals surface area contributed by atoms with Gasteiger partial charge >= 0.3 is 0 Å². The van der Waals surface area contributed by atoms with E-state index in [1.807, 2.05) is 18.2 Å². The van der Waals surface area contributed by atoms with Crippen LogP contribution in [0.25, 0.3) is 17.4 Å². The number of amides is 1. The van der Waals surface area contributed by atoms with Crippen molar-refractivity contribution in [3.63, 3.8) is 0 Å². The van der Waals surface area contributed by atoms with Crippen molar-refractivity contribution in [1.82, 2.24) is 4.90 Å². The first-order valence-corrected chi connectivity index (χ1v) is 11.4. The summed E-state index contributed by atoms with van der Waals surface area (Å²) in [5.74, 6) is 2.14. The largest absolute Gasteiger partial charge is 0.493 e. The molecule has 4 rings (SSSR count). The highest BCUT2D eigenvalue weighted by molar-refractivity contribution is 8.26. The molecule has 3 aromatic rings. The van der Waals surface area contributed by atoms with Gasteiger partial charge in [0, 0.05) is 30.3 Å². The summed E-state index contributed by atoms with van der Waals surface area (Å²) >= 11 is 6.65. The van der Waals surface area contributed by atoms with Gasteiger partial charge in [0.2, 0.25) is 0 Å². The number of rotatable bonds is 8. The number of thiocarbonyl (C=S) groups is 1. The van der Waals surface area contributed by atoms with E-state index in [-0.39, 0.29) is 11.6 Å². The number of carbonyl (C=O) groups is 1. The molecule has 2 aromatic carbocycles. The Bertz CT molecular complexity index is 1280. The Balaban J connectivity index is 1.44. The second-order valence-corrected chi connectivity index (χ2v) is 8.95. The van der Waals surface area contributed by atoms with E-state index in [1.165, 1.54) is 23.9 Å². The van der Waals surface area contributed by atoms with Crippen molar-refractivity contribution in [3.8, 4) is 22.8 Å². The van der Waals surface area contributed by atoms with E-state index in [2.05, 4.69) is 0 Å². The quantitative estimate of drug-likeness (QED) is 0.179. The molecule has 0 aliphatic carbocycles. The van der Waals surface area contributed by atoms with Crippen LogP contribution in [-0.4, -0.2) is 40.8 Å². The summed E-state index contributed by atoms with van der Waals surface area (Å²) in [6.45, 7) is 0.434. The number of benzene rings is 2. The number of carbonyl (C=O) groups excluding carboxylic acids is 1. The predicted octanol–water partition coefficient (Wildman–Crippen LogP) is 5.32. The molecule has 1 saturated heterocycles. The second-order valence-electron chi connectivity index (χ2n) is 7.28. The van der Waals surface area contributed by atoms with Gasteiger partial charge in [-0.15, -0.1) is 0 Å². The van der Waals surface area contributed by atoms with E-state index >= 15 is 0 Å². The molecule has 1 amide bonds. The first-order valence-electron chi connectivity index (χ1n) is 10.2. The summed E-state index contributed by atoms with van der Waals surface area (Å²) in [6.07, 6.45) is 2.26. The molecule has 0 radical (unpaired) electrons. The summed E-state index contributed by atoms with van der Waals surface area (Å²) in [5, 5.41) is 10.8. The Kier molecular flexibility index (Phi) is 6.99. The number of nitrogens with zero attached hydrogens (tertiary/aromatic N) is 2. The zero-order valence-corrected chi connectivity index (χ0v) is 20.0. The van der Waals surface area contributed by atoms with Gasteiger partial charge in [-0.3, -0.25) is 19.8 Å². The molecule has 0 saturated carbocycles. The molecule has 0 bridgehead atoms. The first-order chi connectivity index (χ1) is 16.4. The van der Waals surface area contributed by atoms with Gasteiger partial charge in [-0.25, -0.2) is 0 Å². The number of methoxy groups -OCH3 is 2. The highest BCUT2D eigenvalue weighted by atomic mass is 32.2. The second kappa shape index (κ2) is 10.1. The third kappa shape index (κ3) is 4.97. The third-order valence-electron chi connectivity index (χ3n) is 5.21. The van der Waals surface area contributed by atoms with Crippen molar-refractivity contribution < 1.29 is 23.6 Å². The fourth-order valence-corrected chi connectivity index (χ4v) is 4.72. The molecule has 0 atom stereocenters. The summed E-state index contributed by atoms with van der Waals surface area (Å²) < 4.78 is 16.9. The van der Waals surface area contributed by atoms with Crippen molar-refractivity contribution in [2.24, 2.45) is 0 Å². The lowest BCUT2D eigenvalue weighted by Crippen LogP contribution is -2.30. The topological polar surface area (TPSA) is 95.0 Å². The smallest absolute Gasteiger partial charge is 0.269 e. The van der Waals surface area contributed by atoms with E-state index in [4.69, 9.17) is 26.1 Å². The van der Waals surface area contributed by atoms with E-state index < -0.39 is 4.92 Å². The van der Waals surface area contributed by atoms with Crippen molar-refractivity contribution in [2.45, 2.75) is 6.42 Å². The molecule has 174 valence electrons. The van der Waals surface area contributed by atoms with Crippen LogP contribution in [0.15, 0.2) is 63.9 Å². The number of thioether (sulfide) groups is 1. The Morgan fingerprint density at radius 3 is 2.50 bits per heavy atom. The summed E-state index contributed by atoms with van der Waals surface area (Å²) in [6, 6.07) is 15.2. The van der Waals surface area contributed by atoms with Crippen LogP contribution in [-0.2, 0) is 11.2 Å². The van der Waals surface area contributed by atoms with Crippen LogP contribution in [0.4, 0.5) is 5.69 Å². The van der Waals surface area contributed by atoms with Crippen molar-refractivity contribution in [3.05, 3.63) is 80.9 Å². The summed E-state index contributed by atoms with van der Waals surface area (Å²) in [4.78, 5) is 25.4. The van der Waals surface area contributed by atoms with Crippen molar-refractivity contribution >= 4 is 46.0 Å². The average Bonchev–Trinajstić information content (AvgIpc) is 3.41. The van der Waals surface area contributed by atoms with Gasteiger partial charge in [0.15, 0.2) is 11.5 Å². The van der Waals surface area contributed by atoms with Gasteiger partial charge in [0.1, 0.15) is 15.8 Å². The maximum Gasteiger partial charge on any atom is 0.269 e. The minimum absolute atomic E-state index is 0.00675. The normalized spacial score (nSPS) is 14.6. The van der Waals surface area contributed by atoms with Gasteiger partial charge in [-0.05, 0) is 48.4 Å². The number of ether oxygens (including phenoxy) is 2. The number of non-ortho nitro benzene ring substituents is 1. The van der Waals surface area contributed by atoms with E-state index in [0.717, 1.165) is 5.56 Å². The molecule has 1 aliphatic rings. The maximum atomic E-state index is 12.9. The number of nitro benzene ring substituents is 1. The van der Waals surface area contributed by atoms with Crippen LogP contribution in [0.3, 0.4) is 0 Å².